The molecule has 4 aliphatic carbocycles. The zero-order chi connectivity index (χ0) is 23.7. The van der Waals surface area contributed by atoms with Crippen LogP contribution in [0, 0.1) is 28.6 Å². The Hall–Kier alpha value is -1.03. The highest BCUT2D eigenvalue weighted by molar-refractivity contribution is 5.73. The molecule has 0 spiro atoms. The van der Waals surface area contributed by atoms with E-state index in [0.29, 0.717) is 24.2 Å². The van der Waals surface area contributed by atoms with Crippen molar-refractivity contribution in [2.24, 2.45) is 28.6 Å². The van der Waals surface area contributed by atoms with Gasteiger partial charge in [-0.2, -0.15) is 0 Å². The summed E-state index contributed by atoms with van der Waals surface area (Å²) in [6.45, 7) is 4.65. The number of rotatable bonds is 3. The third kappa shape index (κ3) is 3.60. The summed E-state index contributed by atoms with van der Waals surface area (Å²) in [6, 6.07) is 0. The molecule has 33 heavy (non-hydrogen) atoms. The molecule has 1 aliphatic heterocycles. The Morgan fingerprint density at radius 2 is 1.76 bits per heavy atom. The van der Waals surface area contributed by atoms with Gasteiger partial charge in [0.05, 0.1) is 12.2 Å². The van der Waals surface area contributed by atoms with Gasteiger partial charge in [0.2, 0.25) is 0 Å². The number of carboxylic acid groups (broad SMARTS) is 1. The molecule has 3 saturated carbocycles. The second-order valence-corrected chi connectivity index (χ2v) is 11.6. The van der Waals surface area contributed by atoms with E-state index in [1.807, 2.05) is 0 Å². The van der Waals surface area contributed by atoms with E-state index >= 15 is 0 Å². The molecule has 8 heteroatoms. The van der Waals surface area contributed by atoms with E-state index in [2.05, 4.69) is 19.9 Å². The van der Waals surface area contributed by atoms with E-state index < -0.39 is 36.7 Å². The molecule has 5 N–H and O–H groups in total. The first-order valence-corrected chi connectivity index (χ1v) is 12.5. The van der Waals surface area contributed by atoms with E-state index in [9.17, 15) is 30.3 Å². The largest absolute Gasteiger partial charge is 0.479 e. The number of carbonyl (C=O) groups is 1. The van der Waals surface area contributed by atoms with E-state index in [-0.39, 0.29) is 23.0 Å². The summed E-state index contributed by atoms with van der Waals surface area (Å²) in [5, 5.41) is 50.2. The number of fused-ring (bicyclic) bond motifs is 5. The lowest BCUT2D eigenvalue weighted by Crippen LogP contribution is -2.61. The topological polar surface area (TPSA) is 137 Å². The van der Waals surface area contributed by atoms with Crippen LogP contribution in [-0.2, 0) is 14.3 Å². The van der Waals surface area contributed by atoms with Gasteiger partial charge in [0.25, 0.3) is 0 Å². The Morgan fingerprint density at radius 1 is 1.00 bits per heavy atom. The summed E-state index contributed by atoms with van der Waals surface area (Å²) >= 11 is 0. The minimum absolute atomic E-state index is 0.0454. The molecule has 0 aromatic heterocycles. The fourth-order valence-corrected chi connectivity index (χ4v) is 8.07. The van der Waals surface area contributed by atoms with Crippen LogP contribution in [-0.4, -0.2) is 74.4 Å². The van der Waals surface area contributed by atoms with Gasteiger partial charge in [-0.05, 0) is 80.0 Å². The molecule has 0 aromatic rings. The minimum Gasteiger partial charge on any atom is -0.479 e. The summed E-state index contributed by atoms with van der Waals surface area (Å²) in [7, 11) is 0. The Kier molecular flexibility index (Phi) is 5.94. The highest BCUT2D eigenvalue weighted by Gasteiger charge is 2.58. The molecule has 12 atom stereocenters. The first-order valence-electron chi connectivity index (χ1n) is 12.5. The smallest absolute Gasteiger partial charge is 0.335 e. The van der Waals surface area contributed by atoms with Gasteiger partial charge >= 0.3 is 5.97 Å². The fraction of sp³-hybridized carbons (Fsp3) is 0.880. The van der Waals surface area contributed by atoms with Crippen molar-refractivity contribution in [1.82, 2.24) is 0 Å². The summed E-state index contributed by atoms with van der Waals surface area (Å²) in [5.74, 6) is 0.359. The van der Waals surface area contributed by atoms with Crippen molar-refractivity contribution < 1.29 is 39.8 Å². The average Bonchev–Trinajstić information content (AvgIpc) is 3.08. The fourth-order valence-electron chi connectivity index (χ4n) is 8.07. The van der Waals surface area contributed by atoms with Crippen LogP contribution in [0.15, 0.2) is 11.6 Å². The first kappa shape index (κ1) is 23.7. The number of ether oxygens (including phenoxy) is 2. The van der Waals surface area contributed by atoms with Crippen molar-refractivity contribution >= 4 is 5.97 Å². The molecule has 0 aromatic carbocycles. The zero-order valence-electron chi connectivity index (χ0n) is 19.5. The molecule has 4 fully saturated rings. The lowest BCUT2D eigenvalue weighted by atomic mass is 9.48. The van der Waals surface area contributed by atoms with Crippen molar-refractivity contribution in [3.8, 4) is 0 Å². The third-order valence-electron chi connectivity index (χ3n) is 10.1. The van der Waals surface area contributed by atoms with Crippen molar-refractivity contribution in [3.05, 3.63) is 11.6 Å². The Bertz CT molecular complexity index is 814. The minimum atomic E-state index is -1.71. The zero-order valence-corrected chi connectivity index (χ0v) is 19.5. The monoisotopic (exact) mass is 466 g/mol. The van der Waals surface area contributed by atoms with Crippen molar-refractivity contribution in [2.75, 3.05) is 0 Å². The van der Waals surface area contributed by atoms with Gasteiger partial charge in [-0.15, -0.1) is 0 Å². The van der Waals surface area contributed by atoms with Gasteiger partial charge in [0.1, 0.15) is 18.3 Å². The van der Waals surface area contributed by atoms with Gasteiger partial charge in [0, 0.05) is 0 Å². The standard InChI is InChI=1S/C25H38O8/c1-24-9-7-13(32-23-20(29)18(27)19(28)21(33-23)22(30)31)11-12(24)3-4-14-15-5-6-17(26)25(15,2)10-8-16(14)24/h3,13-21,23,26-29H,4-11H2,1-2H3,(H,30,31)/t13-,14+,15+,16+,17+,18+,19+,20-,21+,23?,24+,25+/m1/s1. The van der Waals surface area contributed by atoms with Crippen LogP contribution in [0.3, 0.4) is 0 Å². The number of aliphatic hydroxyl groups is 4. The Labute approximate surface area is 194 Å². The van der Waals surface area contributed by atoms with Crippen LogP contribution in [0.2, 0.25) is 0 Å². The van der Waals surface area contributed by atoms with E-state index in [0.717, 1.165) is 44.9 Å². The van der Waals surface area contributed by atoms with Crippen LogP contribution in [0.1, 0.15) is 65.2 Å². The van der Waals surface area contributed by atoms with Gasteiger partial charge in [-0.3, -0.25) is 0 Å². The number of hydrogen-bond acceptors (Lipinski definition) is 7. The molecule has 5 rings (SSSR count). The number of hydrogen-bond donors (Lipinski definition) is 5. The number of carboxylic acids is 1. The molecule has 0 bridgehead atoms. The van der Waals surface area contributed by atoms with Gasteiger partial charge in [-0.1, -0.05) is 25.5 Å². The third-order valence-corrected chi connectivity index (χ3v) is 10.1. The predicted octanol–water partition coefficient (Wildman–Crippen LogP) is 1.59. The average molecular weight is 467 g/mol. The molecular formula is C25H38O8. The molecular weight excluding hydrogens is 428 g/mol. The quantitative estimate of drug-likeness (QED) is 0.396. The van der Waals surface area contributed by atoms with Gasteiger partial charge in [0.15, 0.2) is 12.4 Å². The first-order chi connectivity index (χ1) is 15.6. The van der Waals surface area contributed by atoms with Crippen LogP contribution in [0.4, 0.5) is 0 Å². The molecule has 186 valence electrons. The molecule has 1 unspecified atom stereocenters. The highest BCUT2D eigenvalue weighted by atomic mass is 16.7. The van der Waals surface area contributed by atoms with Crippen molar-refractivity contribution in [1.29, 1.82) is 0 Å². The summed E-state index contributed by atoms with van der Waals surface area (Å²) in [4.78, 5) is 11.4. The van der Waals surface area contributed by atoms with E-state index in [4.69, 9.17) is 9.47 Å². The molecule has 0 radical (unpaired) electrons. The van der Waals surface area contributed by atoms with E-state index in [1.165, 1.54) is 5.57 Å². The SMILES string of the molecule is C[C@]12CC[C@H]3[C@@H](CC=C4C[C@H](OC5O[C@H](C(=O)O)[C@@H](O)[C@H](O)[C@H]5O)CC[C@@]43C)[C@@H]1CC[C@@H]2O. The second kappa shape index (κ2) is 8.28. The maximum absolute atomic E-state index is 11.4. The van der Waals surface area contributed by atoms with Crippen molar-refractivity contribution in [2.45, 2.75) is 108 Å². The highest BCUT2D eigenvalue weighted by Crippen LogP contribution is 2.64. The van der Waals surface area contributed by atoms with Gasteiger partial charge in [-0.25, -0.2) is 4.79 Å². The van der Waals surface area contributed by atoms with Crippen LogP contribution >= 0.6 is 0 Å². The maximum Gasteiger partial charge on any atom is 0.335 e. The second-order valence-electron chi connectivity index (χ2n) is 11.6. The van der Waals surface area contributed by atoms with Crippen LogP contribution < -0.4 is 0 Å². The molecule has 8 nitrogen and oxygen atoms in total. The molecule has 5 aliphatic rings. The Morgan fingerprint density at radius 3 is 2.48 bits per heavy atom. The lowest BCUT2D eigenvalue weighted by molar-refractivity contribution is -0.306. The van der Waals surface area contributed by atoms with E-state index in [1.54, 1.807) is 0 Å². The Balaban J connectivity index is 1.30. The lowest BCUT2D eigenvalue weighted by Gasteiger charge is -2.58. The number of allylic oxidation sites excluding steroid dienone is 1. The predicted molar refractivity (Wildman–Crippen MR) is 117 cm³/mol. The molecule has 1 heterocycles. The maximum atomic E-state index is 11.4. The van der Waals surface area contributed by atoms with Crippen LogP contribution in [0.5, 0.6) is 0 Å². The number of aliphatic hydroxyl groups excluding tert-OH is 4. The summed E-state index contributed by atoms with van der Waals surface area (Å²) in [6.07, 6.45) is 1.73. The van der Waals surface area contributed by atoms with Crippen molar-refractivity contribution in [3.63, 3.8) is 0 Å². The summed E-state index contributed by atoms with van der Waals surface area (Å²) in [5.41, 5.74) is 1.50. The summed E-state index contributed by atoms with van der Waals surface area (Å²) < 4.78 is 11.3. The van der Waals surface area contributed by atoms with Gasteiger partial charge < -0.3 is 35.0 Å². The molecule has 1 saturated heterocycles. The molecule has 0 amide bonds. The van der Waals surface area contributed by atoms with Crippen LogP contribution in [0.25, 0.3) is 0 Å². The normalized spacial score (nSPS) is 54.1. The number of aliphatic carboxylic acids is 1.